The Balaban J connectivity index is 1.60. The second kappa shape index (κ2) is 8.53. The molecule has 0 radical (unpaired) electrons. The molecular weight excluding hydrogens is 386 g/mol. The van der Waals surface area contributed by atoms with Gasteiger partial charge in [0, 0.05) is 28.1 Å². The largest absolute Gasteiger partial charge is 0.497 e. The first-order chi connectivity index (χ1) is 13.7. The Morgan fingerprint density at radius 2 is 2.29 bits per heavy atom. The Hall–Kier alpha value is -2.05. The maximum absolute atomic E-state index is 5.33. The van der Waals surface area contributed by atoms with Gasteiger partial charge in [-0.25, -0.2) is 0 Å². The van der Waals surface area contributed by atoms with E-state index in [0.29, 0.717) is 6.54 Å². The zero-order chi connectivity index (χ0) is 19.5. The first-order valence-electron chi connectivity index (χ1n) is 9.59. The average Bonchev–Trinajstić information content (AvgIpc) is 3.30. The summed E-state index contributed by atoms with van der Waals surface area (Å²) >= 11 is 3.58. The summed E-state index contributed by atoms with van der Waals surface area (Å²) in [4.78, 5) is 1.52. The molecule has 1 aliphatic rings. The molecule has 0 bridgehead atoms. The zero-order valence-electron chi connectivity index (χ0n) is 16.4. The van der Waals surface area contributed by atoms with Crippen molar-refractivity contribution in [2.75, 3.05) is 7.11 Å². The highest BCUT2D eigenvalue weighted by atomic mass is 32.2. The van der Waals surface area contributed by atoms with Gasteiger partial charge in [-0.3, -0.25) is 4.57 Å². The molecule has 28 heavy (non-hydrogen) atoms. The van der Waals surface area contributed by atoms with Crippen LogP contribution < -0.4 is 4.74 Å². The van der Waals surface area contributed by atoms with Gasteiger partial charge in [0.05, 0.1) is 7.11 Å². The summed E-state index contributed by atoms with van der Waals surface area (Å²) in [6, 6.07) is 8.17. The number of hydrogen-bond donors (Lipinski definition) is 0. The molecule has 2 heterocycles. The fourth-order valence-electron chi connectivity index (χ4n) is 3.66. The summed E-state index contributed by atoms with van der Waals surface area (Å²) in [6.45, 7) is 6.99. The van der Waals surface area contributed by atoms with Gasteiger partial charge < -0.3 is 4.74 Å². The van der Waals surface area contributed by atoms with Crippen molar-refractivity contribution in [2.45, 2.75) is 43.6 Å². The average molecular weight is 412 g/mol. The van der Waals surface area contributed by atoms with Crippen LogP contribution in [-0.2, 0) is 25.1 Å². The first-order valence-corrected chi connectivity index (χ1v) is 11.5. The molecule has 0 spiro atoms. The Bertz CT molecular complexity index is 976. The second-order valence-corrected chi connectivity index (χ2v) is 9.15. The summed E-state index contributed by atoms with van der Waals surface area (Å²) in [7, 11) is 1.70. The number of ether oxygens (including phenoxy) is 1. The van der Waals surface area contributed by atoms with E-state index in [4.69, 9.17) is 4.74 Å². The number of allylic oxidation sites excluding steroid dienone is 1. The third-order valence-electron chi connectivity index (χ3n) is 5.17. The van der Waals surface area contributed by atoms with Gasteiger partial charge in [0.2, 0.25) is 0 Å². The van der Waals surface area contributed by atoms with Gasteiger partial charge in [0.1, 0.15) is 5.75 Å². The Morgan fingerprint density at radius 3 is 3.11 bits per heavy atom. The molecule has 0 amide bonds. The van der Waals surface area contributed by atoms with E-state index < -0.39 is 0 Å². The number of thioether (sulfide) groups is 1. The third kappa shape index (κ3) is 3.89. The highest BCUT2D eigenvalue weighted by Gasteiger charge is 2.24. The summed E-state index contributed by atoms with van der Waals surface area (Å²) in [5.74, 6) is 3.45. The third-order valence-corrected chi connectivity index (χ3v) is 7.26. The number of thiophene rings is 1. The first kappa shape index (κ1) is 19.3. The lowest BCUT2D eigenvalue weighted by Crippen LogP contribution is -2.10. The van der Waals surface area contributed by atoms with E-state index in [-0.39, 0.29) is 0 Å². The number of nitrogens with zero attached hydrogens (tertiary/aromatic N) is 3. The molecule has 3 aromatic rings. The van der Waals surface area contributed by atoms with Crippen molar-refractivity contribution in [2.24, 2.45) is 5.92 Å². The minimum Gasteiger partial charge on any atom is -0.497 e. The standard InChI is InChI=1S/C22H25N3OS2/c1-4-10-25-21(19-14-27-20-11-15(2)8-9-18(19)20)23-24-22(25)28-13-16-6-5-7-17(12-16)26-3/h4-7,12,14-15H,1,8-11,13H2,2-3H3/t15-/m0/s1. The van der Waals surface area contributed by atoms with Gasteiger partial charge in [-0.1, -0.05) is 36.9 Å². The number of methoxy groups -OCH3 is 1. The molecule has 4 nitrogen and oxygen atoms in total. The molecule has 0 saturated carbocycles. The Labute approximate surface area is 174 Å². The van der Waals surface area contributed by atoms with Crippen molar-refractivity contribution in [3.8, 4) is 17.1 Å². The highest BCUT2D eigenvalue weighted by Crippen LogP contribution is 2.38. The van der Waals surface area contributed by atoms with Crippen LogP contribution in [0, 0.1) is 5.92 Å². The minimum absolute atomic E-state index is 0.712. The molecule has 1 atom stereocenters. The molecule has 0 N–H and O–H groups in total. The van der Waals surface area contributed by atoms with Crippen molar-refractivity contribution >= 4 is 23.1 Å². The van der Waals surface area contributed by atoms with Gasteiger partial charge in [-0.2, -0.15) is 0 Å². The number of fused-ring (bicyclic) bond motifs is 1. The van der Waals surface area contributed by atoms with E-state index in [1.165, 1.54) is 34.4 Å². The molecule has 0 unspecified atom stereocenters. The van der Waals surface area contributed by atoms with Crippen molar-refractivity contribution in [1.82, 2.24) is 14.8 Å². The number of benzene rings is 1. The fourth-order valence-corrected chi connectivity index (χ4v) is 5.80. The van der Waals surface area contributed by atoms with E-state index in [2.05, 4.69) is 45.8 Å². The predicted molar refractivity (Wildman–Crippen MR) is 117 cm³/mol. The normalized spacial score (nSPS) is 16.0. The van der Waals surface area contributed by atoms with Crippen LogP contribution in [0.15, 0.2) is 47.5 Å². The van der Waals surface area contributed by atoms with Crippen LogP contribution in [0.3, 0.4) is 0 Å². The van der Waals surface area contributed by atoms with Gasteiger partial charge in [0.15, 0.2) is 11.0 Å². The molecule has 1 aromatic carbocycles. The zero-order valence-corrected chi connectivity index (χ0v) is 18.0. The summed E-state index contributed by atoms with van der Waals surface area (Å²) < 4.78 is 7.52. The van der Waals surface area contributed by atoms with Crippen LogP contribution in [0.4, 0.5) is 0 Å². The Kier molecular flexibility index (Phi) is 5.87. The molecular formula is C22H25N3OS2. The van der Waals surface area contributed by atoms with Crippen molar-refractivity contribution in [3.05, 3.63) is 58.3 Å². The minimum atomic E-state index is 0.712. The van der Waals surface area contributed by atoms with Crippen LogP contribution in [-0.4, -0.2) is 21.9 Å². The summed E-state index contributed by atoms with van der Waals surface area (Å²) in [5, 5.41) is 12.3. The van der Waals surface area contributed by atoms with Crippen LogP contribution >= 0.6 is 23.1 Å². The Morgan fingerprint density at radius 1 is 1.39 bits per heavy atom. The predicted octanol–water partition coefficient (Wildman–Crippen LogP) is 5.62. The highest BCUT2D eigenvalue weighted by molar-refractivity contribution is 7.98. The van der Waals surface area contributed by atoms with Gasteiger partial charge in [-0.15, -0.1) is 28.1 Å². The fraction of sp³-hybridized carbons (Fsp3) is 0.364. The summed E-state index contributed by atoms with van der Waals surface area (Å²) in [5.41, 5.74) is 3.94. The monoisotopic (exact) mass is 411 g/mol. The smallest absolute Gasteiger partial charge is 0.192 e. The van der Waals surface area contributed by atoms with Crippen LogP contribution in [0.1, 0.15) is 29.3 Å². The van der Waals surface area contributed by atoms with Gasteiger partial charge in [0.25, 0.3) is 0 Å². The lowest BCUT2D eigenvalue weighted by atomic mass is 9.88. The molecule has 2 aromatic heterocycles. The van der Waals surface area contributed by atoms with Crippen molar-refractivity contribution < 1.29 is 4.74 Å². The van der Waals surface area contributed by atoms with E-state index in [9.17, 15) is 0 Å². The number of rotatable bonds is 7. The van der Waals surface area contributed by atoms with E-state index >= 15 is 0 Å². The lowest BCUT2D eigenvalue weighted by molar-refractivity contribution is 0.414. The lowest BCUT2D eigenvalue weighted by Gasteiger charge is -2.19. The SMILES string of the molecule is C=CCn1c(SCc2cccc(OC)c2)nnc1-c1csc2c1CC[C@H](C)C2. The van der Waals surface area contributed by atoms with Crippen LogP contribution in [0.25, 0.3) is 11.4 Å². The molecule has 146 valence electrons. The van der Waals surface area contributed by atoms with E-state index in [1.54, 1.807) is 18.9 Å². The van der Waals surface area contributed by atoms with Crippen LogP contribution in [0.2, 0.25) is 0 Å². The molecule has 1 aliphatic carbocycles. The maximum Gasteiger partial charge on any atom is 0.192 e. The van der Waals surface area contributed by atoms with E-state index in [0.717, 1.165) is 34.8 Å². The number of aromatic nitrogens is 3. The van der Waals surface area contributed by atoms with Gasteiger partial charge in [-0.05, 0) is 48.4 Å². The second-order valence-electron chi connectivity index (χ2n) is 7.24. The quantitative estimate of drug-likeness (QED) is 0.374. The van der Waals surface area contributed by atoms with Gasteiger partial charge >= 0.3 is 0 Å². The molecule has 0 saturated heterocycles. The molecule has 6 heteroatoms. The maximum atomic E-state index is 5.33. The topological polar surface area (TPSA) is 39.9 Å². The van der Waals surface area contributed by atoms with Crippen LogP contribution in [0.5, 0.6) is 5.75 Å². The molecule has 0 aliphatic heterocycles. The molecule has 4 rings (SSSR count). The summed E-state index contributed by atoms with van der Waals surface area (Å²) in [6.07, 6.45) is 5.50. The van der Waals surface area contributed by atoms with Crippen molar-refractivity contribution in [3.63, 3.8) is 0 Å². The number of hydrogen-bond acceptors (Lipinski definition) is 5. The van der Waals surface area contributed by atoms with E-state index in [1.807, 2.05) is 29.5 Å². The van der Waals surface area contributed by atoms with Crippen molar-refractivity contribution in [1.29, 1.82) is 0 Å². The molecule has 0 fully saturated rings.